The summed E-state index contributed by atoms with van der Waals surface area (Å²) < 4.78 is 0. The Bertz CT molecular complexity index is 500. The monoisotopic (exact) mass is 224 g/mol. The van der Waals surface area contributed by atoms with Gasteiger partial charge in [-0.3, -0.25) is 0 Å². The van der Waals surface area contributed by atoms with Gasteiger partial charge < -0.3 is 5.11 Å². The summed E-state index contributed by atoms with van der Waals surface area (Å²) in [4.78, 5) is 0. The van der Waals surface area contributed by atoms with E-state index < -0.39 is 6.10 Å². The van der Waals surface area contributed by atoms with Crippen LogP contribution in [0.15, 0.2) is 60.7 Å². The summed E-state index contributed by atoms with van der Waals surface area (Å²) in [6, 6.07) is 17.9. The van der Waals surface area contributed by atoms with Gasteiger partial charge in [0, 0.05) is 0 Å². The van der Waals surface area contributed by atoms with Crippen LogP contribution in [-0.2, 0) is 0 Å². The van der Waals surface area contributed by atoms with E-state index in [1.165, 1.54) is 0 Å². The number of aliphatic hydroxyl groups excluding tert-OH is 1. The Morgan fingerprint density at radius 1 is 1.00 bits per heavy atom. The summed E-state index contributed by atoms with van der Waals surface area (Å²) >= 11 is 0. The van der Waals surface area contributed by atoms with Crippen LogP contribution in [0.1, 0.15) is 22.8 Å². The molecule has 0 heterocycles. The van der Waals surface area contributed by atoms with Gasteiger partial charge in [0.1, 0.15) is 0 Å². The van der Waals surface area contributed by atoms with Gasteiger partial charge in [-0.25, -0.2) is 0 Å². The summed E-state index contributed by atoms with van der Waals surface area (Å²) in [6.45, 7) is 2.02. The van der Waals surface area contributed by atoms with Crippen LogP contribution in [0.2, 0.25) is 0 Å². The van der Waals surface area contributed by atoms with Crippen molar-refractivity contribution in [3.63, 3.8) is 0 Å². The van der Waals surface area contributed by atoms with Crippen molar-refractivity contribution in [3.05, 3.63) is 77.4 Å². The predicted octanol–water partition coefficient (Wildman–Crippen LogP) is 3.74. The van der Waals surface area contributed by atoms with Gasteiger partial charge in [0.15, 0.2) is 0 Å². The van der Waals surface area contributed by atoms with E-state index in [1.54, 1.807) is 0 Å². The molecule has 2 aromatic rings. The lowest BCUT2D eigenvalue weighted by Crippen LogP contribution is -1.92. The van der Waals surface area contributed by atoms with E-state index in [0.29, 0.717) is 0 Å². The normalized spacial score (nSPS) is 12.8. The molecule has 0 amide bonds. The minimum atomic E-state index is -0.546. The molecule has 0 aliphatic rings. The topological polar surface area (TPSA) is 20.2 Å². The molecule has 0 spiro atoms. The van der Waals surface area contributed by atoms with Crippen molar-refractivity contribution in [2.24, 2.45) is 0 Å². The number of rotatable bonds is 3. The van der Waals surface area contributed by atoms with E-state index in [-0.39, 0.29) is 0 Å². The van der Waals surface area contributed by atoms with Gasteiger partial charge >= 0.3 is 0 Å². The molecular weight excluding hydrogens is 208 g/mol. The maximum Gasteiger partial charge on any atom is 0.0975 e. The van der Waals surface area contributed by atoms with Gasteiger partial charge in [-0.1, -0.05) is 72.3 Å². The summed E-state index contributed by atoms with van der Waals surface area (Å²) in [6.07, 6.45) is 3.20. The molecule has 86 valence electrons. The molecule has 0 radical (unpaired) electrons. The fraction of sp³-hybridized carbons (Fsp3) is 0.125. The Morgan fingerprint density at radius 3 is 2.47 bits per heavy atom. The van der Waals surface area contributed by atoms with Gasteiger partial charge in [-0.2, -0.15) is 0 Å². The molecule has 0 fully saturated rings. The molecule has 0 aliphatic heterocycles. The van der Waals surface area contributed by atoms with Crippen LogP contribution in [0.5, 0.6) is 0 Å². The number of hydrogen-bond donors (Lipinski definition) is 1. The highest BCUT2D eigenvalue weighted by atomic mass is 16.3. The Labute approximate surface area is 102 Å². The third-order valence-corrected chi connectivity index (χ3v) is 2.65. The fourth-order valence-electron chi connectivity index (χ4n) is 1.73. The lowest BCUT2D eigenvalue weighted by molar-refractivity contribution is 0.229. The van der Waals surface area contributed by atoms with Crippen molar-refractivity contribution < 1.29 is 5.11 Å². The fourth-order valence-corrected chi connectivity index (χ4v) is 1.73. The third kappa shape index (κ3) is 3.30. The molecule has 1 heteroatoms. The van der Waals surface area contributed by atoms with Crippen molar-refractivity contribution in [2.75, 3.05) is 0 Å². The third-order valence-electron chi connectivity index (χ3n) is 2.65. The smallest absolute Gasteiger partial charge is 0.0975 e. The van der Waals surface area contributed by atoms with E-state index in [0.717, 1.165) is 16.7 Å². The van der Waals surface area contributed by atoms with E-state index in [9.17, 15) is 5.11 Å². The molecule has 0 saturated heterocycles. The molecule has 1 nitrogen and oxygen atoms in total. The molecule has 0 aromatic heterocycles. The van der Waals surface area contributed by atoms with Crippen LogP contribution in [-0.4, -0.2) is 5.11 Å². The molecule has 2 aromatic carbocycles. The summed E-state index contributed by atoms with van der Waals surface area (Å²) in [5.41, 5.74) is 3.19. The summed E-state index contributed by atoms with van der Waals surface area (Å²) in [5, 5.41) is 10.0. The number of benzene rings is 2. The zero-order valence-electron chi connectivity index (χ0n) is 9.88. The first kappa shape index (κ1) is 11.6. The predicted molar refractivity (Wildman–Crippen MR) is 71.6 cm³/mol. The van der Waals surface area contributed by atoms with Crippen molar-refractivity contribution in [1.29, 1.82) is 0 Å². The highest BCUT2D eigenvalue weighted by Gasteiger charge is 2.02. The molecule has 1 N–H and O–H groups in total. The van der Waals surface area contributed by atoms with Crippen molar-refractivity contribution in [2.45, 2.75) is 13.0 Å². The maximum absolute atomic E-state index is 10.0. The zero-order chi connectivity index (χ0) is 12.1. The Kier molecular flexibility index (Phi) is 3.73. The molecule has 0 aliphatic carbocycles. The lowest BCUT2D eigenvalue weighted by atomic mass is 10.1. The van der Waals surface area contributed by atoms with Crippen molar-refractivity contribution in [1.82, 2.24) is 0 Å². The minimum Gasteiger partial charge on any atom is -0.384 e. The first-order chi connectivity index (χ1) is 8.25. The Balaban J connectivity index is 2.12. The molecule has 0 saturated carbocycles. The van der Waals surface area contributed by atoms with Crippen LogP contribution in [0.4, 0.5) is 0 Å². The summed E-state index contributed by atoms with van der Waals surface area (Å²) in [5.74, 6) is 0. The molecule has 1 unspecified atom stereocenters. The number of hydrogen-bond acceptors (Lipinski definition) is 1. The van der Waals surface area contributed by atoms with Crippen LogP contribution in [0, 0.1) is 6.92 Å². The SMILES string of the molecule is Cc1cccc(C(O)C=Cc2ccccc2)c1. The van der Waals surface area contributed by atoms with Crippen molar-refractivity contribution >= 4 is 6.08 Å². The van der Waals surface area contributed by atoms with Crippen LogP contribution in [0.25, 0.3) is 6.08 Å². The van der Waals surface area contributed by atoms with E-state index in [2.05, 4.69) is 0 Å². The number of aryl methyl sites for hydroxylation is 1. The van der Waals surface area contributed by atoms with Crippen LogP contribution in [0.3, 0.4) is 0 Å². The maximum atomic E-state index is 10.0. The standard InChI is InChI=1S/C16H16O/c1-13-6-5-9-15(12-13)16(17)11-10-14-7-3-2-4-8-14/h2-12,16-17H,1H3. The first-order valence-electron chi connectivity index (χ1n) is 5.73. The molecular formula is C16H16O. The molecule has 17 heavy (non-hydrogen) atoms. The van der Waals surface area contributed by atoms with Gasteiger partial charge in [0.25, 0.3) is 0 Å². The highest BCUT2D eigenvalue weighted by Crippen LogP contribution is 2.16. The molecule has 2 rings (SSSR count). The molecule has 0 bridgehead atoms. The van der Waals surface area contributed by atoms with Gasteiger partial charge in [0.05, 0.1) is 6.10 Å². The Hall–Kier alpha value is -1.86. The average Bonchev–Trinajstić information content (AvgIpc) is 2.37. The largest absolute Gasteiger partial charge is 0.384 e. The quantitative estimate of drug-likeness (QED) is 0.842. The van der Waals surface area contributed by atoms with E-state index >= 15 is 0 Å². The lowest BCUT2D eigenvalue weighted by Gasteiger charge is -2.06. The van der Waals surface area contributed by atoms with E-state index in [4.69, 9.17) is 0 Å². The first-order valence-corrected chi connectivity index (χ1v) is 5.73. The zero-order valence-corrected chi connectivity index (χ0v) is 9.88. The second kappa shape index (κ2) is 5.46. The van der Waals surface area contributed by atoms with Gasteiger partial charge in [-0.05, 0) is 18.1 Å². The second-order valence-corrected chi connectivity index (χ2v) is 4.13. The second-order valence-electron chi connectivity index (χ2n) is 4.13. The van der Waals surface area contributed by atoms with Gasteiger partial charge in [0.2, 0.25) is 0 Å². The highest BCUT2D eigenvalue weighted by molar-refractivity contribution is 5.50. The Morgan fingerprint density at radius 2 is 1.76 bits per heavy atom. The van der Waals surface area contributed by atoms with Crippen LogP contribution >= 0.6 is 0 Å². The van der Waals surface area contributed by atoms with E-state index in [1.807, 2.05) is 73.7 Å². The number of aliphatic hydroxyl groups is 1. The van der Waals surface area contributed by atoms with Gasteiger partial charge in [-0.15, -0.1) is 0 Å². The van der Waals surface area contributed by atoms with Crippen LogP contribution < -0.4 is 0 Å². The summed E-state index contributed by atoms with van der Waals surface area (Å²) in [7, 11) is 0. The molecule has 1 atom stereocenters. The average molecular weight is 224 g/mol. The minimum absolute atomic E-state index is 0.546. The van der Waals surface area contributed by atoms with Crippen molar-refractivity contribution in [3.8, 4) is 0 Å².